The summed E-state index contributed by atoms with van der Waals surface area (Å²) in [5.74, 6) is 0.377. The molecule has 3 atom stereocenters. The second-order valence-corrected chi connectivity index (χ2v) is 6.06. The largest absolute Gasteiger partial charge is 0.508 e. The molecule has 0 spiro atoms. The van der Waals surface area contributed by atoms with Gasteiger partial charge in [0.05, 0.1) is 6.10 Å². The van der Waals surface area contributed by atoms with E-state index in [2.05, 4.69) is 18.3 Å². The Morgan fingerprint density at radius 1 is 1.35 bits per heavy atom. The minimum absolute atomic E-state index is 0.361. The lowest BCUT2D eigenvalue weighted by molar-refractivity contribution is 0.0717. The van der Waals surface area contributed by atoms with Crippen molar-refractivity contribution in [3.63, 3.8) is 0 Å². The summed E-state index contributed by atoms with van der Waals surface area (Å²) >= 11 is 0. The summed E-state index contributed by atoms with van der Waals surface area (Å²) in [5.41, 5.74) is 2.67. The fourth-order valence-electron chi connectivity index (χ4n) is 3.63. The summed E-state index contributed by atoms with van der Waals surface area (Å²) in [5, 5.41) is 13.6. The molecule has 0 radical (unpaired) electrons. The van der Waals surface area contributed by atoms with Gasteiger partial charge in [-0.1, -0.05) is 13.0 Å². The molecule has 3 rings (SSSR count). The molecule has 1 aliphatic heterocycles. The Hall–Kier alpha value is -1.06. The molecular weight excluding hydrogens is 250 g/mol. The highest BCUT2D eigenvalue weighted by molar-refractivity contribution is 5.38. The Bertz CT molecular complexity index is 454. The molecule has 2 N–H and O–H groups in total. The number of rotatable bonds is 4. The molecule has 1 aliphatic carbocycles. The van der Waals surface area contributed by atoms with E-state index >= 15 is 0 Å². The van der Waals surface area contributed by atoms with Gasteiger partial charge in [-0.3, -0.25) is 0 Å². The van der Waals surface area contributed by atoms with Crippen LogP contribution in [0.4, 0.5) is 0 Å². The molecule has 2 aliphatic rings. The highest BCUT2D eigenvalue weighted by atomic mass is 16.5. The number of fused-ring (bicyclic) bond motifs is 1. The van der Waals surface area contributed by atoms with Gasteiger partial charge in [-0.05, 0) is 61.8 Å². The van der Waals surface area contributed by atoms with Crippen molar-refractivity contribution in [2.24, 2.45) is 0 Å². The number of benzene rings is 1. The van der Waals surface area contributed by atoms with E-state index in [1.165, 1.54) is 30.4 Å². The molecule has 1 fully saturated rings. The third kappa shape index (κ3) is 2.84. The maximum Gasteiger partial charge on any atom is 0.115 e. The number of hydrogen-bond donors (Lipinski definition) is 2. The second-order valence-electron chi connectivity index (χ2n) is 6.06. The minimum Gasteiger partial charge on any atom is -0.508 e. The second kappa shape index (κ2) is 6.15. The molecular formula is C17H25NO2. The summed E-state index contributed by atoms with van der Waals surface area (Å²) in [6, 6.07) is 6.61. The first-order chi connectivity index (χ1) is 9.78. The lowest BCUT2D eigenvalue weighted by atomic mass is 9.86. The Morgan fingerprint density at radius 3 is 3.00 bits per heavy atom. The van der Waals surface area contributed by atoms with E-state index in [-0.39, 0.29) is 0 Å². The minimum atomic E-state index is 0.361. The van der Waals surface area contributed by atoms with Crippen LogP contribution in [-0.2, 0) is 11.2 Å². The van der Waals surface area contributed by atoms with Gasteiger partial charge in [-0.15, -0.1) is 0 Å². The van der Waals surface area contributed by atoms with Crippen LogP contribution in [0.15, 0.2) is 18.2 Å². The topological polar surface area (TPSA) is 41.5 Å². The first-order valence-corrected chi connectivity index (χ1v) is 7.97. The van der Waals surface area contributed by atoms with E-state index < -0.39 is 0 Å². The molecule has 0 bridgehead atoms. The third-order valence-electron chi connectivity index (χ3n) is 4.71. The zero-order chi connectivity index (χ0) is 13.9. The molecule has 1 aromatic rings. The smallest absolute Gasteiger partial charge is 0.115 e. The van der Waals surface area contributed by atoms with E-state index in [4.69, 9.17) is 4.74 Å². The van der Waals surface area contributed by atoms with E-state index in [9.17, 15) is 5.11 Å². The van der Waals surface area contributed by atoms with Crippen LogP contribution in [0.3, 0.4) is 0 Å². The van der Waals surface area contributed by atoms with Crippen molar-refractivity contribution in [3.8, 4) is 5.75 Å². The van der Waals surface area contributed by atoms with Gasteiger partial charge < -0.3 is 15.2 Å². The van der Waals surface area contributed by atoms with Crippen LogP contribution >= 0.6 is 0 Å². The van der Waals surface area contributed by atoms with Crippen LogP contribution in [0, 0.1) is 0 Å². The molecule has 1 aromatic carbocycles. The van der Waals surface area contributed by atoms with Gasteiger partial charge in [-0.2, -0.15) is 0 Å². The van der Waals surface area contributed by atoms with Gasteiger partial charge >= 0.3 is 0 Å². The zero-order valence-corrected chi connectivity index (χ0v) is 12.3. The van der Waals surface area contributed by atoms with Gasteiger partial charge in [0.1, 0.15) is 5.75 Å². The lowest BCUT2D eigenvalue weighted by Gasteiger charge is -2.32. The molecule has 1 saturated heterocycles. The predicted molar refractivity (Wildman–Crippen MR) is 80.0 cm³/mol. The molecule has 3 heteroatoms. The van der Waals surface area contributed by atoms with Crippen LogP contribution in [-0.4, -0.2) is 23.9 Å². The summed E-state index contributed by atoms with van der Waals surface area (Å²) in [6.07, 6.45) is 7.31. The van der Waals surface area contributed by atoms with E-state index in [1.54, 1.807) is 6.07 Å². The summed E-state index contributed by atoms with van der Waals surface area (Å²) in [4.78, 5) is 0. The molecule has 0 unspecified atom stereocenters. The lowest BCUT2D eigenvalue weighted by Crippen LogP contribution is -2.42. The average Bonchev–Trinajstić information content (AvgIpc) is 2.99. The van der Waals surface area contributed by atoms with E-state index in [0.29, 0.717) is 23.9 Å². The van der Waals surface area contributed by atoms with Crippen LogP contribution in [0.25, 0.3) is 0 Å². The van der Waals surface area contributed by atoms with Gasteiger partial charge in [0, 0.05) is 18.7 Å². The van der Waals surface area contributed by atoms with Crippen LogP contribution in [0.5, 0.6) is 5.75 Å². The quantitative estimate of drug-likeness (QED) is 0.885. The summed E-state index contributed by atoms with van der Waals surface area (Å²) in [6.45, 7) is 3.14. The van der Waals surface area contributed by atoms with Crippen LogP contribution in [0.1, 0.15) is 56.2 Å². The molecule has 20 heavy (non-hydrogen) atoms. The number of hydrogen-bond acceptors (Lipinski definition) is 3. The molecule has 1 heterocycles. The Kier molecular flexibility index (Phi) is 4.27. The molecule has 3 nitrogen and oxygen atoms in total. The molecule has 110 valence electrons. The van der Waals surface area contributed by atoms with Crippen molar-refractivity contribution in [1.82, 2.24) is 5.32 Å². The third-order valence-corrected chi connectivity index (χ3v) is 4.71. The monoisotopic (exact) mass is 275 g/mol. The van der Waals surface area contributed by atoms with Gasteiger partial charge in [0.2, 0.25) is 0 Å². The normalized spacial score (nSPS) is 27.2. The van der Waals surface area contributed by atoms with Crippen molar-refractivity contribution in [1.29, 1.82) is 0 Å². The van der Waals surface area contributed by atoms with Gasteiger partial charge in [0.15, 0.2) is 0 Å². The van der Waals surface area contributed by atoms with Crippen molar-refractivity contribution in [2.45, 2.75) is 63.6 Å². The number of phenolic OH excluding ortho intramolecular Hbond substituents is 1. The highest BCUT2D eigenvalue weighted by Crippen LogP contribution is 2.33. The maximum atomic E-state index is 9.76. The van der Waals surface area contributed by atoms with E-state index in [0.717, 1.165) is 25.9 Å². The predicted octanol–water partition coefficient (Wildman–Crippen LogP) is 3.32. The first-order valence-electron chi connectivity index (χ1n) is 7.97. The highest BCUT2D eigenvalue weighted by Gasteiger charge is 2.29. The number of nitrogens with one attached hydrogen (secondary N) is 1. The van der Waals surface area contributed by atoms with Gasteiger partial charge in [-0.25, -0.2) is 0 Å². The molecule has 0 amide bonds. The van der Waals surface area contributed by atoms with Crippen molar-refractivity contribution >= 4 is 0 Å². The molecule has 0 saturated carbocycles. The first kappa shape index (κ1) is 13.9. The number of aromatic hydroxyl groups is 1. The summed E-state index contributed by atoms with van der Waals surface area (Å²) in [7, 11) is 0. The SMILES string of the molecule is CC[C@H](N[C@H]1CCCc2ccc(O)cc21)[C@@H]1CCCO1. The standard InChI is InChI=1S/C17H25NO2/c1-2-15(17-7-4-10-20-17)18-16-6-3-5-12-8-9-13(19)11-14(12)16/h8-9,11,15-19H,2-7,10H2,1H3/t15-,16-,17-/m0/s1. The zero-order valence-electron chi connectivity index (χ0n) is 12.3. The van der Waals surface area contributed by atoms with Crippen LogP contribution in [0.2, 0.25) is 0 Å². The maximum absolute atomic E-state index is 9.76. The Morgan fingerprint density at radius 2 is 2.25 bits per heavy atom. The van der Waals surface area contributed by atoms with Crippen molar-refractivity contribution < 1.29 is 9.84 Å². The van der Waals surface area contributed by atoms with Gasteiger partial charge in [0.25, 0.3) is 0 Å². The Labute approximate surface area is 121 Å². The number of ether oxygens (including phenoxy) is 1. The van der Waals surface area contributed by atoms with Crippen molar-refractivity contribution in [3.05, 3.63) is 29.3 Å². The average molecular weight is 275 g/mol. The number of aryl methyl sites for hydroxylation is 1. The molecule has 0 aromatic heterocycles. The van der Waals surface area contributed by atoms with Crippen LogP contribution < -0.4 is 5.32 Å². The fourth-order valence-corrected chi connectivity index (χ4v) is 3.63. The Balaban J connectivity index is 1.76. The van der Waals surface area contributed by atoms with E-state index in [1.807, 2.05) is 6.07 Å². The summed E-state index contributed by atoms with van der Waals surface area (Å²) < 4.78 is 5.85. The number of phenols is 1. The fraction of sp³-hybridized carbons (Fsp3) is 0.647. The van der Waals surface area contributed by atoms with Crippen molar-refractivity contribution in [2.75, 3.05) is 6.61 Å².